The van der Waals surface area contributed by atoms with Crippen molar-refractivity contribution in [2.24, 2.45) is 5.92 Å². The molecule has 0 aromatic heterocycles. The Hall–Kier alpha value is -0.340. The van der Waals surface area contributed by atoms with Gasteiger partial charge in [0.1, 0.15) is 0 Å². The average molecular weight is 284 g/mol. The van der Waals surface area contributed by atoms with Crippen LogP contribution in [0, 0.1) is 5.92 Å². The second-order valence-electron chi connectivity index (χ2n) is 4.70. The molecule has 0 spiro atoms. The highest BCUT2D eigenvalue weighted by Gasteiger charge is 1.95. The van der Waals surface area contributed by atoms with E-state index in [1.807, 2.05) is 0 Å². The third-order valence-electron chi connectivity index (χ3n) is 2.60. The molecule has 0 fully saturated rings. The number of hydrogen-bond donors (Lipinski definition) is 1. The lowest BCUT2D eigenvalue weighted by Gasteiger charge is -2.06. The van der Waals surface area contributed by atoms with Crippen LogP contribution < -0.4 is 5.32 Å². The summed E-state index contributed by atoms with van der Waals surface area (Å²) in [5.74, 6) is 0.838. The van der Waals surface area contributed by atoms with Gasteiger partial charge in [-0.3, -0.25) is 0 Å². The number of halogens is 1. The molecule has 0 amide bonds. The van der Waals surface area contributed by atoms with Gasteiger partial charge in [-0.2, -0.15) is 0 Å². The Morgan fingerprint density at radius 1 is 1.25 bits per heavy atom. The molecule has 16 heavy (non-hydrogen) atoms. The Bertz CT molecular complexity index is 297. The molecule has 1 rings (SSSR count). The number of nitrogens with one attached hydrogen (secondary N) is 1. The van der Waals surface area contributed by atoms with Crippen molar-refractivity contribution in [3.05, 3.63) is 34.3 Å². The predicted octanol–water partition coefficient (Wildman–Crippen LogP) is 4.37. The van der Waals surface area contributed by atoms with Gasteiger partial charge in [0.05, 0.1) is 0 Å². The van der Waals surface area contributed by atoms with E-state index in [2.05, 4.69) is 59.4 Å². The second kappa shape index (κ2) is 7.86. The Kier molecular flexibility index (Phi) is 6.74. The van der Waals surface area contributed by atoms with Crippen LogP contribution in [0.4, 0.5) is 0 Å². The minimum Gasteiger partial charge on any atom is -0.313 e. The highest BCUT2D eigenvalue weighted by Crippen LogP contribution is 2.11. The first-order valence-corrected chi connectivity index (χ1v) is 6.93. The van der Waals surface area contributed by atoms with Gasteiger partial charge >= 0.3 is 0 Å². The first-order valence-electron chi connectivity index (χ1n) is 6.13. The van der Waals surface area contributed by atoms with Crippen molar-refractivity contribution in [2.45, 2.75) is 39.7 Å². The van der Waals surface area contributed by atoms with Gasteiger partial charge in [-0.25, -0.2) is 0 Å². The highest BCUT2D eigenvalue weighted by molar-refractivity contribution is 9.10. The first-order chi connectivity index (χ1) is 7.68. The van der Waals surface area contributed by atoms with Gasteiger partial charge in [0.2, 0.25) is 0 Å². The SMILES string of the molecule is CC(C)CCCCNCc1cccc(Br)c1. The minimum absolute atomic E-state index is 0.838. The fourth-order valence-corrected chi connectivity index (χ4v) is 2.13. The van der Waals surface area contributed by atoms with Crippen LogP contribution in [-0.2, 0) is 6.54 Å². The summed E-state index contributed by atoms with van der Waals surface area (Å²) in [5, 5.41) is 3.48. The number of unbranched alkanes of at least 4 members (excludes halogenated alkanes) is 1. The van der Waals surface area contributed by atoms with E-state index in [0.717, 1.165) is 23.5 Å². The minimum atomic E-state index is 0.838. The lowest BCUT2D eigenvalue weighted by atomic mass is 10.1. The van der Waals surface area contributed by atoms with E-state index in [1.54, 1.807) is 0 Å². The van der Waals surface area contributed by atoms with E-state index in [1.165, 1.54) is 24.8 Å². The van der Waals surface area contributed by atoms with E-state index in [9.17, 15) is 0 Å². The molecule has 0 heterocycles. The molecule has 1 aromatic carbocycles. The summed E-state index contributed by atoms with van der Waals surface area (Å²) in [6.45, 7) is 6.67. The average Bonchev–Trinajstić information content (AvgIpc) is 2.23. The molecule has 0 unspecified atom stereocenters. The monoisotopic (exact) mass is 283 g/mol. The van der Waals surface area contributed by atoms with Crippen LogP contribution >= 0.6 is 15.9 Å². The Labute approximate surface area is 108 Å². The third-order valence-corrected chi connectivity index (χ3v) is 3.10. The first kappa shape index (κ1) is 13.7. The molecule has 0 atom stereocenters. The molecule has 1 N–H and O–H groups in total. The van der Waals surface area contributed by atoms with Crippen molar-refractivity contribution in [1.82, 2.24) is 5.32 Å². The molecular formula is C14H22BrN. The van der Waals surface area contributed by atoms with Crippen molar-refractivity contribution in [2.75, 3.05) is 6.54 Å². The predicted molar refractivity (Wildman–Crippen MR) is 74.5 cm³/mol. The fourth-order valence-electron chi connectivity index (χ4n) is 1.68. The van der Waals surface area contributed by atoms with Crippen molar-refractivity contribution in [1.29, 1.82) is 0 Å². The molecule has 0 aliphatic heterocycles. The molecule has 0 radical (unpaired) electrons. The topological polar surface area (TPSA) is 12.0 Å². The molecule has 0 aliphatic carbocycles. The van der Waals surface area contributed by atoms with Crippen LogP contribution in [0.5, 0.6) is 0 Å². The summed E-state index contributed by atoms with van der Waals surface area (Å²) in [6.07, 6.45) is 3.97. The smallest absolute Gasteiger partial charge is 0.0205 e. The zero-order valence-electron chi connectivity index (χ0n) is 10.3. The van der Waals surface area contributed by atoms with Crippen LogP contribution in [0.1, 0.15) is 38.7 Å². The van der Waals surface area contributed by atoms with Gasteiger partial charge in [-0.05, 0) is 36.6 Å². The van der Waals surface area contributed by atoms with Crippen LogP contribution in [-0.4, -0.2) is 6.54 Å². The summed E-state index contributed by atoms with van der Waals surface area (Å²) < 4.78 is 1.16. The molecule has 90 valence electrons. The van der Waals surface area contributed by atoms with Gasteiger partial charge in [0, 0.05) is 11.0 Å². The van der Waals surface area contributed by atoms with Crippen LogP contribution in [0.15, 0.2) is 28.7 Å². The second-order valence-corrected chi connectivity index (χ2v) is 5.61. The van der Waals surface area contributed by atoms with Crippen molar-refractivity contribution in [3.63, 3.8) is 0 Å². The van der Waals surface area contributed by atoms with Crippen LogP contribution in [0.25, 0.3) is 0 Å². The summed E-state index contributed by atoms with van der Waals surface area (Å²) in [5.41, 5.74) is 1.35. The van der Waals surface area contributed by atoms with Crippen molar-refractivity contribution >= 4 is 15.9 Å². The quantitative estimate of drug-likeness (QED) is 0.733. The molecule has 1 aromatic rings. The molecule has 0 aliphatic rings. The molecule has 0 bridgehead atoms. The zero-order chi connectivity index (χ0) is 11.8. The summed E-state index contributed by atoms with van der Waals surface area (Å²) >= 11 is 3.48. The van der Waals surface area contributed by atoms with Crippen LogP contribution in [0.2, 0.25) is 0 Å². The molecule has 0 saturated carbocycles. The van der Waals surface area contributed by atoms with Gasteiger partial charge < -0.3 is 5.32 Å². The summed E-state index contributed by atoms with van der Waals surface area (Å²) in [7, 11) is 0. The van der Waals surface area contributed by atoms with E-state index >= 15 is 0 Å². The van der Waals surface area contributed by atoms with Gasteiger partial charge in [-0.1, -0.05) is 54.8 Å². The third kappa shape index (κ3) is 6.29. The lowest BCUT2D eigenvalue weighted by molar-refractivity contribution is 0.520. The molecular weight excluding hydrogens is 262 g/mol. The van der Waals surface area contributed by atoms with Gasteiger partial charge in [-0.15, -0.1) is 0 Å². The zero-order valence-corrected chi connectivity index (χ0v) is 11.9. The van der Waals surface area contributed by atoms with Crippen LogP contribution in [0.3, 0.4) is 0 Å². The fraction of sp³-hybridized carbons (Fsp3) is 0.571. The normalized spacial score (nSPS) is 11.0. The summed E-state index contributed by atoms with van der Waals surface area (Å²) in [4.78, 5) is 0. The standard InChI is InChI=1S/C14H22BrN/c1-12(2)6-3-4-9-16-11-13-7-5-8-14(15)10-13/h5,7-8,10,12,16H,3-4,6,9,11H2,1-2H3. The molecule has 2 heteroatoms. The Morgan fingerprint density at radius 3 is 2.75 bits per heavy atom. The lowest BCUT2D eigenvalue weighted by Crippen LogP contribution is -2.14. The van der Waals surface area contributed by atoms with E-state index in [0.29, 0.717) is 0 Å². The van der Waals surface area contributed by atoms with E-state index in [4.69, 9.17) is 0 Å². The summed E-state index contributed by atoms with van der Waals surface area (Å²) in [6, 6.07) is 8.47. The maximum Gasteiger partial charge on any atom is 0.0205 e. The number of hydrogen-bond acceptors (Lipinski definition) is 1. The largest absolute Gasteiger partial charge is 0.313 e. The van der Waals surface area contributed by atoms with Crippen molar-refractivity contribution in [3.8, 4) is 0 Å². The van der Waals surface area contributed by atoms with E-state index < -0.39 is 0 Å². The highest BCUT2D eigenvalue weighted by atomic mass is 79.9. The Balaban J connectivity index is 2.07. The number of rotatable bonds is 7. The van der Waals surface area contributed by atoms with Gasteiger partial charge in [0.15, 0.2) is 0 Å². The molecule has 0 saturated heterocycles. The maximum absolute atomic E-state index is 3.48. The van der Waals surface area contributed by atoms with Crippen molar-refractivity contribution < 1.29 is 0 Å². The Morgan fingerprint density at radius 2 is 2.06 bits per heavy atom. The van der Waals surface area contributed by atoms with Gasteiger partial charge in [0.25, 0.3) is 0 Å². The maximum atomic E-state index is 3.48. The number of benzene rings is 1. The molecule has 1 nitrogen and oxygen atoms in total. The van der Waals surface area contributed by atoms with E-state index in [-0.39, 0.29) is 0 Å².